The lowest BCUT2D eigenvalue weighted by Gasteiger charge is -2.35. The second-order valence-corrected chi connectivity index (χ2v) is 7.52. The second-order valence-electron chi connectivity index (χ2n) is 7.52. The Labute approximate surface area is 126 Å². The van der Waals surface area contributed by atoms with Gasteiger partial charge >= 0.3 is 6.09 Å². The van der Waals surface area contributed by atoms with E-state index in [0.29, 0.717) is 12.5 Å². The van der Waals surface area contributed by atoms with Crippen molar-refractivity contribution in [2.24, 2.45) is 5.92 Å². The Balaban J connectivity index is 2.04. The van der Waals surface area contributed by atoms with Gasteiger partial charge in [0.25, 0.3) is 0 Å². The monoisotopic (exact) mass is 300 g/mol. The lowest BCUT2D eigenvalue weighted by molar-refractivity contribution is -0.0630. The third kappa shape index (κ3) is 4.08. The number of hydrogen-bond donors (Lipinski definition) is 2. The molecule has 1 unspecified atom stereocenters. The highest BCUT2D eigenvalue weighted by Gasteiger charge is 2.46. The Bertz CT molecular complexity index is 392. The molecule has 3 atom stereocenters. The zero-order valence-corrected chi connectivity index (χ0v) is 13.7. The van der Waals surface area contributed by atoms with Gasteiger partial charge in [0.2, 0.25) is 0 Å². The molecule has 0 spiro atoms. The van der Waals surface area contributed by atoms with E-state index in [-0.39, 0.29) is 12.1 Å². The van der Waals surface area contributed by atoms with Crippen LogP contribution in [0.1, 0.15) is 47.5 Å². The van der Waals surface area contributed by atoms with Gasteiger partial charge in [-0.2, -0.15) is 0 Å². The molecule has 6 heteroatoms. The number of rotatable bonds is 2. The van der Waals surface area contributed by atoms with Crippen molar-refractivity contribution >= 4 is 6.09 Å². The smallest absolute Gasteiger partial charge is 0.412 e. The highest BCUT2D eigenvalue weighted by molar-refractivity contribution is 5.69. The van der Waals surface area contributed by atoms with Crippen molar-refractivity contribution in [3.8, 4) is 0 Å². The Hall–Kier alpha value is -0.850. The van der Waals surface area contributed by atoms with Crippen LogP contribution in [0.4, 0.5) is 4.79 Å². The molecule has 6 nitrogen and oxygen atoms in total. The predicted molar refractivity (Wildman–Crippen MR) is 78.6 cm³/mol. The minimum absolute atomic E-state index is 0.00745. The zero-order chi connectivity index (χ0) is 15.8. The molecule has 2 heterocycles. The molecule has 0 radical (unpaired) electrons. The number of aliphatic hydroxyl groups is 1. The standard InChI is InChI=1S/C15H28N2O4/c1-14(2,3)21-13(19)17-11(9-20-15(17,4)5)6-10-7-12(18)16-8-10/h10-12,16,18H,6-9H2,1-5H3/t10-,11+,12?/m1/s1. The molecule has 122 valence electrons. The lowest BCUT2D eigenvalue weighted by Crippen LogP contribution is -2.50. The van der Waals surface area contributed by atoms with Crippen LogP contribution in [-0.4, -0.2) is 52.8 Å². The van der Waals surface area contributed by atoms with Gasteiger partial charge in [-0.1, -0.05) is 0 Å². The number of amides is 1. The summed E-state index contributed by atoms with van der Waals surface area (Å²) in [6.07, 6.45) is 0.771. The van der Waals surface area contributed by atoms with E-state index in [1.165, 1.54) is 0 Å². The van der Waals surface area contributed by atoms with Crippen LogP contribution < -0.4 is 5.32 Å². The first kappa shape index (κ1) is 16.5. The van der Waals surface area contributed by atoms with Gasteiger partial charge in [0.05, 0.1) is 12.6 Å². The van der Waals surface area contributed by atoms with Gasteiger partial charge in [0.1, 0.15) is 17.6 Å². The fourth-order valence-electron chi connectivity index (χ4n) is 3.09. The average Bonchev–Trinajstić information content (AvgIpc) is 2.81. The summed E-state index contributed by atoms with van der Waals surface area (Å²) in [7, 11) is 0. The first-order valence-corrected chi connectivity index (χ1v) is 7.66. The molecule has 0 aromatic heterocycles. The molecule has 0 bridgehead atoms. The molecule has 2 N–H and O–H groups in total. The van der Waals surface area contributed by atoms with Crippen LogP contribution in [0.25, 0.3) is 0 Å². The SMILES string of the molecule is CC(C)(C)OC(=O)N1[C@@H](C[C@H]2CNC(O)C2)COC1(C)C. The summed E-state index contributed by atoms with van der Waals surface area (Å²) < 4.78 is 11.3. The van der Waals surface area contributed by atoms with E-state index in [4.69, 9.17) is 9.47 Å². The maximum absolute atomic E-state index is 12.5. The maximum Gasteiger partial charge on any atom is 0.412 e. The van der Waals surface area contributed by atoms with E-state index in [9.17, 15) is 9.90 Å². The third-order valence-corrected chi connectivity index (χ3v) is 3.97. The fourth-order valence-corrected chi connectivity index (χ4v) is 3.09. The molecule has 0 aromatic carbocycles. The Morgan fingerprint density at radius 2 is 2.14 bits per heavy atom. The lowest BCUT2D eigenvalue weighted by atomic mass is 9.98. The highest BCUT2D eigenvalue weighted by atomic mass is 16.6. The molecule has 0 saturated carbocycles. The van der Waals surface area contributed by atoms with Crippen LogP contribution in [0.5, 0.6) is 0 Å². The van der Waals surface area contributed by atoms with Crippen molar-refractivity contribution in [1.82, 2.24) is 10.2 Å². The number of nitrogens with zero attached hydrogens (tertiary/aromatic N) is 1. The van der Waals surface area contributed by atoms with Crippen LogP contribution in [-0.2, 0) is 9.47 Å². The molecule has 0 aliphatic carbocycles. The van der Waals surface area contributed by atoms with Crippen molar-refractivity contribution in [1.29, 1.82) is 0 Å². The van der Waals surface area contributed by atoms with E-state index in [2.05, 4.69) is 5.32 Å². The molecule has 0 aromatic rings. The number of carbonyl (C=O) groups is 1. The van der Waals surface area contributed by atoms with Gasteiger partial charge in [0.15, 0.2) is 0 Å². The van der Waals surface area contributed by atoms with E-state index >= 15 is 0 Å². The molecule has 2 fully saturated rings. The molecule has 2 rings (SSSR count). The van der Waals surface area contributed by atoms with E-state index < -0.39 is 17.6 Å². The van der Waals surface area contributed by atoms with Gasteiger partial charge in [-0.25, -0.2) is 4.79 Å². The molecule has 2 saturated heterocycles. The zero-order valence-electron chi connectivity index (χ0n) is 13.7. The van der Waals surface area contributed by atoms with Crippen molar-refractivity contribution in [2.75, 3.05) is 13.2 Å². The predicted octanol–water partition coefficient (Wildman–Crippen LogP) is 1.68. The average molecular weight is 300 g/mol. The van der Waals surface area contributed by atoms with E-state index in [1.807, 2.05) is 34.6 Å². The highest BCUT2D eigenvalue weighted by Crippen LogP contribution is 2.33. The minimum Gasteiger partial charge on any atom is -0.444 e. The first-order valence-electron chi connectivity index (χ1n) is 7.66. The third-order valence-electron chi connectivity index (χ3n) is 3.97. The summed E-state index contributed by atoms with van der Waals surface area (Å²) in [5.74, 6) is 0.354. The van der Waals surface area contributed by atoms with Gasteiger partial charge in [-0.15, -0.1) is 0 Å². The topological polar surface area (TPSA) is 71.0 Å². The van der Waals surface area contributed by atoms with Gasteiger partial charge < -0.3 is 14.6 Å². The summed E-state index contributed by atoms with van der Waals surface area (Å²) in [5, 5.41) is 12.6. The number of nitrogens with one attached hydrogen (secondary N) is 1. The van der Waals surface area contributed by atoms with Crippen LogP contribution in [0, 0.1) is 5.92 Å². The van der Waals surface area contributed by atoms with Crippen molar-refractivity contribution in [2.45, 2.75) is 71.1 Å². The summed E-state index contributed by atoms with van der Waals surface area (Å²) in [5.41, 5.74) is -1.18. The first-order chi connectivity index (χ1) is 9.58. The number of aliphatic hydroxyl groups excluding tert-OH is 1. The van der Waals surface area contributed by atoms with Gasteiger partial charge in [0, 0.05) is 6.54 Å². The number of hydrogen-bond acceptors (Lipinski definition) is 5. The summed E-state index contributed by atoms with van der Waals surface area (Å²) in [6, 6.07) is -0.00745. The largest absolute Gasteiger partial charge is 0.444 e. The summed E-state index contributed by atoms with van der Waals surface area (Å²) in [4.78, 5) is 14.2. The Morgan fingerprint density at radius 3 is 2.67 bits per heavy atom. The molecular weight excluding hydrogens is 272 g/mol. The van der Waals surface area contributed by atoms with Gasteiger partial charge in [-0.05, 0) is 53.4 Å². The molecule has 1 amide bonds. The van der Waals surface area contributed by atoms with Crippen molar-refractivity contribution in [3.63, 3.8) is 0 Å². The normalized spacial score (nSPS) is 32.5. The van der Waals surface area contributed by atoms with Crippen LogP contribution in [0.3, 0.4) is 0 Å². The summed E-state index contributed by atoms with van der Waals surface area (Å²) in [6.45, 7) is 10.7. The Kier molecular flexibility index (Phi) is 4.52. The molecule has 2 aliphatic rings. The summed E-state index contributed by atoms with van der Waals surface area (Å²) >= 11 is 0. The van der Waals surface area contributed by atoms with E-state index in [1.54, 1.807) is 4.90 Å². The maximum atomic E-state index is 12.5. The van der Waals surface area contributed by atoms with Crippen molar-refractivity contribution < 1.29 is 19.4 Å². The number of ether oxygens (including phenoxy) is 2. The molecular formula is C15H28N2O4. The second kappa shape index (κ2) is 5.74. The number of carbonyl (C=O) groups excluding carboxylic acids is 1. The van der Waals surface area contributed by atoms with Gasteiger partial charge in [-0.3, -0.25) is 10.2 Å². The van der Waals surface area contributed by atoms with Crippen LogP contribution in [0.2, 0.25) is 0 Å². The molecule has 21 heavy (non-hydrogen) atoms. The van der Waals surface area contributed by atoms with Crippen LogP contribution in [0.15, 0.2) is 0 Å². The quantitative estimate of drug-likeness (QED) is 0.812. The minimum atomic E-state index is -0.655. The Morgan fingerprint density at radius 1 is 1.48 bits per heavy atom. The van der Waals surface area contributed by atoms with Crippen LogP contribution >= 0.6 is 0 Å². The fraction of sp³-hybridized carbons (Fsp3) is 0.933. The van der Waals surface area contributed by atoms with Crippen molar-refractivity contribution in [3.05, 3.63) is 0 Å². The van der Waals surface area contributed by atoms with E-state index in [0.717, 1.165) is 19.4 Å². The molecule has 2 aliphatic heterocycles.